The van der Waals surface area contributed by atoms with Crippen LogP contribution in [-0.4, -0.2) is 41.5 Å². The lowest BCUT2D eigenvalue weighted by Gasteiger charge is -2.21. The van der Waals surface area contributed by atoms with Gasteiger partial charge in [0.25, 0.3) is 0 Å². The normalized spacial score (nSPS) is 12.6. The molecule has 0 aliphatic rings. The smallest absolute Gasteiger partial charge is 0.324 e. The van der Waals surface area contributed by atoms with Crippen LogP contribution in [-0.2, 0) is 27.5 Å². The fourth-order valence-electron chi connectivity index (χ4n) is 2.10. The van der Waals surface area contributed by atoms with Gasteiger partial charge in [0.1, 0.15) is 6.54 Å². The quantitative estimate of drug-likeness (QED) is 0.802. The number of hydrogen-bond donors (Lipinski definition) is 1. The highest BCUT2D eigenvalue weighted by Crippen LogP contribution is 2.27. The van der Waals surface area contributed by atoms with Gasteiger partial charge in [-0.1, -0.05) is 0 Å². The monoisotopic (exact) mass is 404 g/mol. The Hall–Kier alpha value is -2.40. The molecule has 148 valence electrons. The number of alkyl halides is 3. The third-order valence-corrected chi connectivity index (χ3v) is 5.83. The van der Waals surface area contributed by atoms with Crippen LogP contribution < -0.4 is 5.32 Å². The highest BCUT2D eigenvalue weighted by molar-refractivity contribution is 7.89. The molecule has 7 nitrogen and oxygen atoms in total. The number of rotatable bonds is 6. The maximum absolute atomic E-state index is 12.5. The topological polar surface area (TPSA) is 84.3 Å². The number of halogens is 3. The van der Waals surface area contributed by atoms with E-state index in [9.17, 15) is 26.4 Å². The summed E-state index contributed by atoms with van der Waals surface area (Å²) in [4.78, 5) is 12.0. The molecule has 27 heavy (non-hydrogen) atoms. The van der Waals surface area contributed by atoms with Crippen molar-refractivity contribution in [2.24, 2.45) is 0 Å². The first-order chi connectivity index (χ1) is 12.4. The van der Waals surface area contributed by atoms with Crippen molar-refractivity contribution < 1.29 is 26.4 Å². The maximum atomic E-state index is 12.5. The molecule has 11 heteroatoms. The first-order valence-electron chi connectivity index (χ1n) is 7.90. The van der Waals surface area contributed by atoms with E-state index in [1.165, 1.54) is 35.6 Å². The lowest BCUT2D eigenvalue weighted by atomic mass is 10.3. The molecule has 0 saturated carbocycles. The molecule has 1 N–H and O–H groups in total. The number of carbonyl (C=O) groups is 1. The minimum Gasteiger partial charge on any atom is -0.324 e. The number of anilines is 1. The molecular formula is C16H19F3N4O3S. The van der Waals surface area contributed by atoms with Crippen LogP contribution in [0.25, 0.3) is 0 Å². The third kappa shape index (κ3) is 5.07. The van der Waals surface area contributed by atoms with Crippen molar-refractivity contribution >= 4 is 21.6 Å². The average molecular weight is 404 g/mol. The van der Waals surface area contributed by atoms with Gasteiger partial charge in [-0.25, -0.2) is 8.42 Å². The Morgan fingerprint density at radius 1 is 1.22 bits per heavy atom. The van der Waals surface area contributed by atoms with E-state index in [0.29, 0.717) is 5.69 Å². The van der Waals surface area contributed by atoms with Crippen molar-refractivity contribution in [1.29, 1.82) is 0 Å². The van der Waals surface area contributed by atoms with Crippen LogP contribution in [0.1, 0.15) is 19.5 Å². The summed E-state index contributed by atoms with van der Waals surface area (Å²) in [6.45, 7) is 3.07. The molecule has 0 atom stereocenters. The molecule has 0 fully saturated rings. The van der Waals surface area contributed by atoms with E-state index < -0.39 is 34.3 Å². The fourth-order valence-corrected chi connectivity index (χ4v) is 3.47. The van der Waals surface area contributed by atoms with Crippen LogP contribution in [0.5, 0.6) is 0 Å². The highest BCUT2D eigenvalue weighted by atomic mass is 32.2. The minimum absolute atomic E-state index is 0.0681. The molecule has 2 aromatic rings. The van der Waals surface area contributed by atoms with Gasteiger partial charge >= 0.3 is 6.18 Å². The van der Waals surface area contributed by atoms with Crippen LogP contribution in [0.2, 0.25) is 0 Å². The zero-order valence-corrected chi connectivity index (χ0v) is 15.7. The molecule has 2 rings (SSSR count). The number of carbonyl (C=O) groups excluding carboxylic acids is 1. The van der Waals surface area contributed by atoms with Gasteiger partial charge in [-0.05, 0) is 44.2 Å². The second kappa shape index (κ2) is 7.69. The molecule has 1 heterocycles. The predicted octanol–water partition coefficient (Wildman–Crippen LogP) is 2.57. The van der Waals surface area contributed by atoms with Gasteiger partial charge in [-0.15, -0.1) is 0 Å². The Morgan fingerprint density at radius 3 is 2.30 bits per heavy atom. The number of aromatic nitrogens is 2. The predicted molar refractivity (Wildman–Crippen MR) is 92.4 cm³/mol. The summed E-state index contributed by atoms with van der Waals surface area (Å²) in [5.74, 6) is -0.596. The molecule has 0 bridgehead atoms. The van der Waals surface area contributed by atoms with Gasteiger partial charge in [-0.2, -0.15) is 22.6 Å². The first kappa shape index (κ1) is 20.9. The lowest BCUT2D eigenvalue weighted by molar-refractivity contribution is -0.141. The third-order valence-electron chi connectivity index (χ3n) is 3.78. The molecule has 0 unspecified atom stereocenters. The highest BCUT2D eigenvalue weighted by Gasteiger charge is 2.33. The van der Waals surface area contributed by atoms with Crippen molar-refractivity contribution in [2.75, 3.05) is 12.4 Å². The SMILES string of the molecule is CC(C)N(C)S(=O)(=O)c1ccc(NC(=O)Cn2ccc(C(F)(F)F)n2)cc1. The van der Waals surface area contributed by atoms with Gasteiger partial charge in [0.2, 0.25) is 15.9 Å². The van der Waals surface area contributed by atoms with E-state index in [0.717, 1.165) is 16.9 Å². The molecular weight excluding hydrogens is 385 g/mol. The van der Waals surface area contributed by atoms with Gasteiger partial charge in [0.05, 0.1) is 4.90 Å². The number of benzene rings is 1. The minimum atomic E-state index is -4.58. The molecule has 0 spiro atoms. The van der Waals surface area contributed by atoms with Crippen molar-refractivity contribution in [3.05, 3.63) is 42.2 Å². The Labute approximate surface area is 154 Å². The van der Waals surface area contributed by atoms with Crippen molar-refractivity contribution in [1.82, 2.24) is 14.1 Å². The van der Waals surface area contributed by atoms with E-state index in [2.05, 4.69) is 10.4 Å². The van der Waals surface area contributed by atoms with Crippen LogP contribution in [0.4, 0.5) is 18.9 Å². The van der Waals surface area contributed by atoms with E-state index in [1.54, 1.807) is 13.8 Å². The maximum Gasteiger partial charge on any atom is 0.435 e. The summed E-state index contributed by atoms with van der Waals surface area (Å²) in [5, 5.41) is 5.77. The summed E-state index contributed by atoms with van der Waals surface area (Å²) < 4.78 is 64.3. The number of amides is 1. The fraction of sp³-hybridized carbons (Fsp3) is 0.375. The summed E-state index contributed by atoms with van der Waals surface area (Å²) in [6, 6.07) is 6.06. The Balaban J connectivity index is 2.04. The molecule has 1 aromatic carbocycles. The summed E-state index contributed by atoms with van der Waals surface area (Å²) in [7, 11) is -2.18. The van der Waals surface area contributed by atoms with E-state index in [1.807, 2.05) is 0 Å². The molecule has 1 aromatic heterocycles. The van der Waals surface area contributed by atoms with E-state index in [-0.39, 0.29) is 10.9 Å². The Bertz CT molecular complexity index is 906. The van der Waals surface area contributed by atoms with E-state index in [4.69, 9.17) is 0 Å². The molecule has 0 saturated heterocycles. The standard InChI is InChI=1S/C16H19F3N4O3S/c1-11(2)22(3)27(25,26)13-6-4-12(5-7-13)20-15(24)10-23-9-8-14(21-23)16(17,18)19/h4-9,11H,10H2,1-3H3,(H,20,24). The molecule has 0 radical (unpaired) electrons. The van der Waals surface area contributed by atoms with Crippen LogP contribution in [0.15, 0.2) is 41.4 Å². The molecule has 1 amide bonds. The molecule has 0 aliphatic heterocycles. The lowest BCUT2D eigenvalue weighted by Crippen LogP contribution is -2.33. The largest absolute Gasteiger partial charge is 0.435 e. The molecule has 0 aliphatic carbocycles. The summed E-state index contributed by atoms with van der Waals surface area (Å²) in [6.07, 6.45) is -3.52. The Morgan fingerprint density at radius 2 is 1.81 bits per heavy atom. The first-order valence-corrected chi connectivity index (χ1v) is 9.34. The second-order valence-corrected chi connectivity index (χ2v) is 8.08. The van der Waals surface area contributed by atoms with Gasteiger partial charge in [0, 0.05) is 25.0 Å². The average Bonchev–Trinajstić information content (AvgIpc) is 3.03. The van der Waals surface area contributed by atoms with Crippen molar-refractivity contribution in [2.45, 2.75) is 37.5 Å². The van der Waals surface area contributed by atoms with Crippen molar-refractivity contribution in [3.8, 4) is 0 Å². The summed E-state index contributed by atoms with van der Waals surface area (Å²) in [5.41, 5.74) is -0.770. The van der Waals surface area contributed by atoms with Crippen LogP contribution in [0.3, 0.4) is 0 Å². The van der Waals surface area contributed by atoms with Gasteiger partial charge in [0.15, 0.2) is 5.69 Å². The van der Waals surface area contributed by atoms with Gasteiger partial charge < -0.3 is 5.32 Å². The second-order valence-electron chi connectivity index (χ2n) is 6.08. The number of hydrogen-bond acceptors (Lipinski definition) is 4. The zero-order chi connectivity index (χ0) is 20.4. The number of sulfonamides is 1. The Kier molecular flexibility index (Phi) is 5.95. The van der Waals surface area contributed by atoms with E-state index >= 15 is 0 Å². The zero-order valence-electron chi connectivity index (χ0n) is 14.9. The number of nitrogens with one attached hydrogen (secondary N) is 1. The van der Waals surface area contributed by atoms with Crippen LogP contribution in [0, 0.1) is 0 Å². The number of nitrogens with zero attached hydrogens (tertiary/aromatic N) is 3. The van der Waals surface area contributed by atoms with Crippen LogP contribution >= 0.6 is 0 Å². The van der Waals surface area contributed by atoms with Crippen molar-refractivity contribution in [3.63, 3.8) is 0 Å². The summed E-state index contributed by atoms with van der Waals surface area (Å²) >= 11 is 0. The van der Waals surface area contributed by atoms with Gasteiger partial charge in [-0.3, -0.25) is 9.48 Å².